The predicted molar refractivity (Wildman–Crippen MR) is 76.6 cm³/mol. The lowest BCUT2D eigenvalue weighted by atomic mass is 10.2. The Morgan fingerprint density at radius 1 is 1.44 bits per heavy atom. The van der Waals surface area contributed by atoms with Crippen LogP contribution in [0, 0.1) is 0 Å². The molecule has 5 nitrogen and oxygen atoms in total. The van der Waals surface area contributed by atoms with Gasteiger partial charge in [-0.2, -0.15) is 5.10 Å². The van der Waals surface area contributed by atoms with Gasteiger partial charge in [-0.05, 0) is 34.1 Å². The molecule has 0 bridgehead atoms. The van der Waals surface area contributed by atoms with Gasteiger partial charge in [0.1, 0.15) is 4.99 Å². The molecule has 0 aliphatic heterocycles. The fraction of sp³-hybridized carbons (Fsp3) is 0. The van der Waals surface area contributed by atoms with E-state index >= 15 is 0 Å². The van der Waals surface area contributed by atoms with Gasteiger partial charge < -0.3 is 11.1 Å². The third-order valence-corrected chi connectivity index (χ3v) is 3.15. The predicted octanol–water partition coefficient (Wildman–Crippen LogP) is 2.06. The summed E-state index contributed by atoms with van der Waals surface area (Å²) < 4.78 is 0.713. The number of H-pyrrole nitrogens is 1. The van der Waals surface area contributed by atoms with Crippen LogP contribution >= 0.6 is 28.1 Å². The molecular formula is C11H9BrN4OS. The van der Waals surface area contributed by atoms with Gasteiger partial charge in [0.25, 0.3) is 5.91 Å². The van der Waals surface area contributed by atoms with Gasteiger partial charge in [0.05, 0.1) is 17.4 Å². The summed E-state index contributed by atoms with van der Waals surface area (Å²) in [6.45, 7) is 0. The largest absolute Gasteiger partial charge is 0.389 e. The molecule has 92 valence electrons. The lowest BCUT2D eigenvalue weighted by molar-refractivity contribution is 0.102. The molecule has 1 heterocycles. The second kappa shape index (κ2) is 5.28. The Bertz CT molecular complexity index is 597. The second-order valence-corrected chi connectivity index (χ2v) is 4.79. The van der Waals surface area contributed by atoms with Crippen molar-refractivity contribution in [3.8, 4) is 0 Å². The average Bonchev–Trinajstić information content (AvgIpc) is 2.85. The molecule has 2 rings (SSSR count). The summed E-state index contributed by atoms with van der Waals surface area (Å²) in [5.41, 5.74) is 7.36. The molecule has 18 heavy (non-hydrogen) atoms. The molecule has 0 saturated carbocycles. The highest BCUT2D eigenvalue weighted by Gasteiger charge is 2.09. The first-order chi connectivity index (χ1) is 8.58. The van der Waals surface area contributed by atoms with Crippen LogP contribution in [0.25, 0.3) is 0 Å². The fourth-order valence-electron chi connectivity index (χ4n) is 1.34. The van der Waals surface area contributed by atoms with Gasteiger partial charge in [0, 0.05) is 16.2 Å². The number of aromatic amines is 1. The van der Waals surface area contributed by atoms with Crippen molar-refractivity contribution in [2.24, 2.45) is 5.73 Å². The SMILES string of the molecule is NC(=S)c1ccc(NC(=O)c2cn[nH]c2)c(Br)c1. The Hall–Kier alpha value is -1.73. The summed E-state index contributed by atoms with van der Waals surface area (Å²) in [5, 5.41) is 9.04. The van der Waals surface area contributed by atoms with E-state index in [0.717, 1.165) is 5.56 Å². The van der Waals surface area contributed by atoms with E-state index in [9.17, 15) is 4.79 Å². The molecular weight excluding hydrogens is 316 g/mol. The van der Waals surface area contributed by atoms with Crippen molar-refractivity contribution in [3.63, 3.8) is 0 Å². The zero-order chi connectivity index (χ0) is 13.1. The molecule has 1 amide bonds. The van der Waals surface area contributed by atoms with E-state index in [4.69, 9.17) is 18.0 Å². The Kier molecular flexibility index (Phi) is 3.73. The molecule has 1 aromatic heterocycles. The highest BCUT2D eigenvalue weighted by Crippen LogP contribution is 2.24. The zero-order valence-corrected chi connectivity index (χ0v) is 11.5. The number of benzene rings is 1. The molecule has 1 aromatic carbocycles. The highest BCUT2D eigenvalue weighted by atomic mass is 79.9. The number of anilines is 1. The van der Waals surface area contributed by atoms with E-state index in [0.29, 0.717) is 20.7 Å². The van der Waals surface area contributed by atoms with Crippen molar-refractivity contribution in [1.29, 1.82) is 0 Å². The second-order valence-electron chi connectivity index (χ2n) is 3.50. The van der Waals surface area contributed by atoms with Gasteiger partial charge >= 0.3 is 0 Å². The number of carbonyl (C=O) groups is 1. The monoisotopic (exact) mass is 324 g/mol. The lowest BCUT2D eigenvalue weighted by Crippen LogP contribution is -2.13. The van der Waals surface area contributed by atoms with Gasteiger partial charge in [-0.3, -0.25) is 9.89 Å². The maximum absolute atomic E-state index is 11.8. The number of carbonyl (C=O) groups excluding carboxylic acids is 1. The van der Waals surface area contributed by atoms with Gasteiger partial charge in [-0.1, -0.05) is 12.2 Å². The minimum absolute atomic E-state index is 0.243. The number of rotatable bonds is 3. The third kappa shape index (κ3) is 2.74. The number of nitrogens with zero attached hydrogens (tertiary/aromatic N) is 1. The number of thiocarbonyl (C=S) groups is 1. The number of nitrogens with two attached hydrogens (primary N) is 1. The van der Waals surface area contributed by atoms with Gasteiger partial charge in [0.15, 0.2) is 0 Å². The number of halogens is 1. The molecule has 0 radical (unpaired) electrons. The zero-order valence-electron chi connectivity index (χ0n) is 9.11. The summed E-state index contributed by atoms with van der Waals surface area (Å²) >= 11 is 8.23. The maximum atomic E-state index is 11.8. The number of hydrogen-bond donors (Lipinski definition) is 3. The van der Waals surface area contributed by atoms with Gasteiger partial charge in [-0.25, -0.2) is 0 Å². The van der Waals surface area contributed by atoms with E-state index in [1.165, 1.54) is 12.4 Å². The third-order valence-electron chi connectivity index (χ3n) is 2.26. The Labute approximate surface area is 117 Å². The van der Waals surface area contributed by atoms with Crippen LogP contribution in [0.5, 0.6) is 0 Å². The first-order valence-corrected chi connectivity index (χ1v) is 6.17. The van der Waals surface area contributed by atoms with Crippen molar-refractivity contribution in [3.05, 3.63) is 46.2 Å². The number of amides is 1. The van der Waals surface area contributed by atoms with Crippen LogP contribution in [0.2, 0.25) is 0 Å². The number of nitrogens with one attached hydrogen (secondary N) is 2. The quantitative estimate of drug-likeness (QED) is 0.754. The van der Waals surface area contributed by atoms with Crippen molar-refractivity contribution in [1.82, 2.24) is 10.2 Å². The topological polar surface area (TPSA) is 83.8 Å². The maximum Gasteiger partial charge on any atom is 0.258 e. The molecule has 0 atom stereocenters. The van der Waals surface area contributed by atoms with Gasteiger partial charge in [-0.15, -0.1) is 0 Å². The van der Waals surface area contributed by atoms with Crippen LogP contribution in [0.15, 0.2) is 35.1 Å². The summed E-state index contributed by atoms with van der Waals surface area (Å²) in [7, 11) is 0. The average molecular weight is 325 g/mol. The Morgan fingerprint density at radius 3 is 2.78 bits per heavy atom. The van der Waals surface area contributed by atoms with Gasteiger partial charge in [0.2, 0.25) is 0 Å². The van der Waals surface area contributed by atoms with E-state index in [1.807, 2.05) is 0 Å². The Balaban J connectivity index is 2.20. The smallest absolute Gasteiger partial charge is 0.258 e. The number of hydrogen-bond acceptors (Lipinski definition) is 3. The molecule has 0 spiro atoms. The standard InChI is InChI=1S/C11H9BrN4OS/c12-8-3-6(10(13)18)1-2-9(8)16-11(17)7-4-14-15-5-7/h1-5H,(H2,13,18)(H,14,15)(H,16,17). The first kappa shape index (κ1) is 12.7. The van der Waals surface area contributed by atoms with Crippen LogP contribution in [-0.4, -0.2) is 21.1 Å². The molecule has 7 heteroatoms. The van der Waals surface area contributed by atoms with Crippen LogP contribution in [0.3, 0.4) is 0 Å². The minimum Gasteiger partial charge on any atom is -0.389 e. The normalized spacial score (nSPS) is 10.1. The van der Waals surface area contributed by atoms with Crippen LogP contribution < -0.4 is 11.1 Å². The van der Waals surface area contributed by atoms with Crippen LogP contribution in [-0.2, 0) is 0 Å². The van der Waals surface area contributed by atoms with E-state index in [-0.39, 0.29) is 5.91 Å². The minimum atomic E-state index is -0.243. The summed E-state index contributed by atoms with van der Waals surface area (Å²) in [4.78, 5) is 12.1. The molecule has 0 saturated heterocycles. The van der Waals surface area contributed by atoms with E-state index < -0.39 is 0 Å². The van der Waals surface area contributed by atoms with Crippen molar-refractivity contribution in [2.45, 2.75) is 0 Å². The lowest BCUT2D eigenvalue weighted by Gasteiger charge is -2.07. The first-order valence-electron chi connectivity index (χ1n) is 4.97. The van der Waals surface area contributed by atoms with Crippen LogP contribution in [0.1, 0.15) is 15.9 Å². The van der Waals surface area contributed by atoms with Crippen molar-refractivity contribution in [2.75, 3.05) is 5.32 Å². The number of aromatic nitrogens is 2. The molecule has 0 aliphatic carbocycles. The summed E-state index contributed by atoms with van der Waals surface area (Å²) in [5.74, 6) is -0.243. The van der Waals surface area contributed by atoms with E-state index in [2.05, 4.69) is 31.4 Å². The van der Waals surface area contributed by atoms with Crippen LogP contribution in [0.4, 0.5) is 5.69 Å². The fourth-order valence-corrected chi connectivity index (χ4v) is 1.94. The Morgan fingerprint density at radius 2 is 2.22 bits per heavy atom. The highest BCUT2D eigenvalue weighted by molar-refractivity contribution is 9.10. The summed E-state index contributed by atoms with van der Waals surface area (Å²) in [6.07, 6.45) is 2.97. The van der Waals surface area contributed by atoms with Crippen molar-refractivity contribution >= 4 is 44.7 Å². The molecule has 0 aliphatic rings. The summed E-state index contributed by atoms with van der Waals surface area (Å²) in [6, 6.07) is 5.24. The molecule has 0 fully saturated rings. The van der Waals surface area contributed by atoms with Crippen molar-refractivity contribution < 1.29 is 4.79 Å². The molecule has 4 N–H and O–H groups in total. The molecule has 0 unspecified atom stereocenters. The van der Waals surface area contributed by atoms with E-state index in [1.54, 1.807) is 18.2 Å². The molecule has 2 aromatic rings.